The number of aromatic nitrogens is 1. The fourth-order valence-corrected chi connectivity index (χ4v) is 2.03. The Hall–Kier alpha value is -0.930. The highest BCUT2D eigenvalue weighted by atomic mass is 15.2. The Morgan fingerprint density at radius 1 is 1.47 bits per heavy atom. The van der Waals surface area contributed by atoms with E-state index in [9.17, 15) is 0 Å². The van der Waals surface area contributed by atoms with Gasteiger partial charge in [-0.1, -0.05) is 12.5 Å². The van der Waals surface area contributed by atoms with Crippen molar-refractivity contribution >= 4 is 0 Å². The first-order valence-electron chi connectivity index (χ1n) is 5.73. The van der Waals surface area contributed by atoms with Gasteiger partial charge < -0.3 is 5.73 Å². The van der Waals surface area contributed by atoms with Gasteiger partial charge in [-0.25, -0.2) is 0 Å². The zero-order valence-corrected chi connectivity index (χ0v) is 9.10. The predicted molar refractivity (Wildman–Crippen MR) is 61.3 cm³/mol. The summed E-state index contributed by atoms with van der Waals surface area (Å²) in [5.74, 6) is 0. The Morgan fingerprint density at radius 2 is 2.33 bits per heavy atom. The Labute approximate surface area is 91.3 Å². The smallest absolute Gasteiger partial charge is 0.0312 e. The van der Waals surface area contributed by atoms with E-state index in [0.29, 0.717) is 0 Å². The van der Waals surface area contributed by atoms with Crippen molar-refractivity contribution in [3.63, 3.8) is 0 Å². The van der Waals surface area contributed by atoms with E-state index in [0.717, 1.165) is 25.7 Å². The topological polar surface area (TPSA) is 42.1 Å². The van der Waals surface area contributed by atoms with Crippen molar-refractivity contribution < 1.29 is 0 Å². The number of rotatable bonds is 5. The van der Waals surface area contributed by atoms with Gasteiger partial charge in [-0.3, -0.25) is 9.88 Å². The van der Waals surface area contributed by atoms with E-state index >= 15 is 0 Å². The quantitative estimate of drug-likeness (QED) is 0.790. The van der Waals surface area contributed by atoms with Gasteiger partial charge in [0.1, 0.15) is 0 Å². The molecule has 0 bridgehead atoms. The minimum Gasteiger partial charge on any atom is -0.329 e. The summed E-state index contributed by atoms with van der Waals surface area (Å²) in [6.07, 6.45) is 7.81. The molecule has 1 heterocycles. The van der Waals surface area contributed by atoms with Gasteiger partial charge in [0.2, 0.25) is 0 Å². The van der Waals surface area contributed by atoms with Crippen LogP contribution in [-0.2, 0) is 6.54 Å². The van der Waals surface area contributed by atoms with Gasteiger partial charge in [0, 0.05) is 38.1 Å². The van der Waals surface area contributed by atoms with E-state index in [1.54, 1.807) is 0 Å². The molecule has 0 aromatic carbocycles. The van der Waals surface area contributed by atoms with Gasteiger partial charge in [-0.15, -0.1) is 0 Å². The third-order valence-electron chi connectivity index (χ3n) is 3.12. The second kappa shape index (κ2) is 5.24. The molecule has 0 radical (unpaired) electrons. The van der Waals surface area contributed by atoms with Crippen LogP contribution >= 0.6 is 0 Å². The van der Waals surface area contributed by atoms with Crippen LogP contribution in [0.25, 0.3) is 0 Å². The summed E-state index contributed by atoms with van der Waals surface area (Å²) in [6, 6.07) is 4.89. The minimum atomic E-state index is 0.747. The fourth-order valence-electron chi connectivity index (χ4n) is 2.03. The summed E-state index contributed by atoms with van der Waals surface area (Å²) in [5, 5.41) is 0. The third kappa shape index (κ3) is 2.76. The molecule has 1 aromatic heterocycles. The molecule has 2 N–H and O–H groups in total. The van der Waals surface area contributed by atoms with Crippen molar-refractivity contribution in [1.29, 1.82) is 0 Å². The molecule has 15 heavy (non-hydrogen) atoms. The Bertz CT molecular complexity index is 282. The molecule has 0 saturated heterocycles. The molecule has 1 fully saturated rings. The highest BCUT2D eigenvalue weighted by Gasteiger charge is 2.24. The van der Waals surface area contributed by atoms with Crippen molar-refractivity contribution in [2.24, 2.45) is 5.73 Å². The lowest BCUT2D eigenvalue weighted by Crippen LogP contribution is -2.42. The molecular weight excluding hydrogens is 186 g/mol. The average molecular weight is 205 g/mol. The second-order valence-electron chi connectivity index (χ2n) is 4.21. The van der Waals surface area contributed by atoms with Crippen LogP contribution in [-0.4, -0.2) is 29.0 Å². The first-order chi connectivity index (χ1) is 7.40. The molecule has 0 amide bonds. The molecule has 1 aromatic rings. The Balaban J connectivity index is 1.93. The number of nitrogens with zero attached hydrogens (tertiary/aromatic N) is 2. The van der Waals surface area contributed by atoms with Crippen molar-refractivity contribution in [2.75, 3.05) is 13.1 Å². The van der Waals surface area contributed by atoms with E-state index in [1.165, 1.54) is 24.8 Å². The van der Waals surface area contributed by atoms with E-state index in [-0.39, 0.29) is 0 Å². The lowest BCUT2D eigenvalue weighted by molar-refractivity contribution is 0.123. The van der Waals surface area contributed by atoms with E-state index in [1.807, 2.05) is 18.5 Å². The van der Waals surface area contributed by atoms with Crippen LogP contribution in [0, 0.1) is 0 Å². The fraction of sp³-hybridized carbons (Fsp3) is 0.583. The normalized spacial score (nSPS) is 16.7. The summed E-state index contributed by atoms with van der Waals surface area (Å²) >= 11 is 0. The largest absolute Gasteiger partial charge is 0.329 e. The molecule has 2 rings (SSSR count). The molecule has 3 heteroatoms. The van der Waals surface area contributed by atoms with Gasteiger partial charge in [-0.05, 0) is 24.5 Å². The first kappa shape index (κ1) is 10.6. The zero-order valence-electron chi connectivity index (χ0n) is 9.10. The maximum absolute atomic E-state index is 5.64. The zero-order chi connectivity index (χ0) is 10.5. The summed E-state index contributed by atoms with van der Waals surface area (Å²) in [4.78, 5) is 6.63. The van der Waals surface area contributed by atoms with Gasteiger partial charge in [-0.2, -0.15) is 0 Å². The summed E-state index contributed by atoms with van der Waals surface area (Å²) < 4.78 is 0. The number of hydrogen-bond acceptors (Lipinski definition) is 3. The lowest BCUT2D eigenvalue weighted by atomic mass is 9.91. The van der Waals surface area contributed by atoms with Crippen LogP contribution in [0.4, 0.5) is 0 Å². The molecule has 82 valence electrons. The number of pyridine rings is 1. The molecule has 0 aliphatic heterocycles. The molecule has 0 atom stereocenters. The van der Waals surface area contributed by atoms with Crippen LogP contribution in [0.15, 0.2) is 24.5 Å². The predicted octanol–water partition coefficient (Wildman–Crippen LogP) is 1.39. The lowest BCUT2D eigenvalue weighted by Gasteiger charge is -2.37. The van der Waals surface area contributed by atoms with Crippen molar-refractivity contribution in [3.8, 4) is 0 Å². The maximum atomic E-state index is 5.64. The molecule has 3 nitrogen and oxygen atoms in total. The monoisotopic (exact) mass is 205 g/mol. The summed E-state index contributed by atoms with van der Waals surface area (Å²) in [5.41, 5.74) is 6.93. The van der Waals surface area contributed by atoms with Crippen LogP contribution < -0.4 is 5.73 Å². The summed E-state index contributed by atoms with van der Waals surface area (Å²) in [7, 11) is 0. The van der Waals surface area contributed by atoms with Gasteiger partial charge in [0.05, 0.1) is 0 Å². The summed E-state index contributed by atoms with van der Waals surface area (Å²) in [6.45, 7) is 2.74. The molecule has 0 unspecified atom stereocenters. The minimum absolute atomic E-state index is 0.747. The standard InChI is InChI=1S/C12H19N3/c13-6-8-15(12-4-1-5-12)10-11-3-2-7-14-9-11/h2-3,7,9,12H,1,4-6,8,10,13H2. The van der Waals surface area contributed by atoms with E-state index < -0.39 is 0 Å². The number of nitrogens with two attached hydrogens (primary N) is 1. The van der Waals surface area contributed by atoms with Crippen molar-refractivity contribution in [2.45, 2.75) is 31.8 Å². The van der Waals surface area contributed by atoms with Crippen LogP contribution in [0.3, 0.4) is 0 Å². The van der Waals surface area contributed by atoms with Crippen LogP contribution in [0.5, 0.6) is 0 Å². The van der Waals surface area contributed by atoms with Crippen LogP contribution in [0.2, 0.25) is 0 Å². The van der Waals surface area contributed by atoms with Gasteiger partial charge in [0.25, 0.3) is 0 Å². The van der Waals surface area contributed by atoms with E-state index in [2.05, 4.69) is 16.0 Å². The second-order valence-corrected chi connectivity index (χ2v) is 4.21. The first-order valence-corrected chi connectivity index (χ1v) is 5.73. The van der Waals surface area contributed by atoms with Crippen molar-refractivity contribution in [3.05, 3.63) is 30.1 Å². The molecule has 1 aliphatic carbocycles. The molecule has 1 saturated carbocycles. The molecule has 0 spiro atoms. The van der Waals surface area contributed by atoms with Gasteiger partial charge in [0.15, 0.2) is 0 Å². The Kier molecular flexibility index (Phi) is 3.69. The average Bonchev–Trinajstić information content (AvgIpc) is 2.17. The van der Waals surface area contributed by atoms with Gasteiger partial charge >= 0.3 is 0 Å². The highest BCUT2D eigenvalue weighted by Crippen LogP contribution is 2.25. The third-order valence-corrected chi connectivity index (χ3v) is 3.12. The highest BCUT2D eigenvalue weighted by molar-refractivity contribution is 5.08. The van der Waals surface area contributed by atoms with Crippen LogP contribution in [0.1, 0.15) is 24.8 Å². The molecule has 1 aliphatic rings. The Morgan fingerprint density at radius 3 is 2.87 bits per heavy atom. The number of hydrogen-bond donors (Lipinski definition) is 1. The molecular formula is C12H19N3. The maximum Gasteiger partial charge on any atom is 0.0312 e. The van der Waals surface area contributed by atoms with E-state index in [4.69, 9.17) is 5.73 Å². The SMILES string of the molecule is NCCN(Cc1cccnc1)C1CCC1. The van der Waals surface area contributed by atoms with Crippen molar-refractivity contribution in [1.82, 2.24) is 9.88 Å².